The van der Waals surface area contributed by atoms with Crippen LogP contribution in [0.4, 0.5) is 0 Å². The third-order valence-corrected chi connectivity index (χ3v) is 7.62. The van der Waals surface area contributed by atoms with Gasteiger partial charge in [-0.25, -0.2) is 17.8 Å². The molecular formula is C21H19ClN4O3S2. The molecule has 1 amide bonds. The maximum absolute atomic E-state index is 12.8. The van der Waals surface area contributed by atoms with Crippen LogP contribution in [-0.2, 0) is 16.6 Å². The average molecular weight is 475 g/mol. The molecule has 10 heteroatoms. The van der Waals surface area contributed by atoms with E-state index in [0.717, 1.165) is 21.6 Å². The normalized spacial score (nSPS) is 11.7. The minimum atomic E-state index is -3.54. The van der Waals surface area contributed by atoms with Crippen LogP contribution < -0.4 is 10.0 Å². The Bertz CT molecular complexity index is 1390. The van der Waals surface area contributed by atoms with E-state index in [9.17, 15) is 13.2 Å². The fourth-order valence-electron chi connectivity index (χ4n) is 3.16. The third kappa shape index (κ3) is 4.22. The van der Waals surface area contributed by atoms with E-state index in [1.54, 1.807) is 22.9 Å². The van der Waals surface area contributed by atoms with Gasteiger partial charge in [-0.05, 0) is 49.9 Å². The highest BCUT2D eigenvalue weighted by molar-refractivity contribution is 7.89. The predicted molar refractivity (Wildman–Crippen MR) is 123 cm³/mol. The number of hydrogen-bond acceptors (Lipinski definition) is 5. The Hall–Kier alpha value is -2.72. The number of halogens is 1. The topological polar surface area (TPSA) is 93.1 Å². The fourth-order valence-corrected chi connectivity index (χ4v) is 5.26. The number of nitrogens with zero attached hydrogens (tertiary/aromatic N) is 2. The molecule has 0 spiro atoms. The number of amides is 1. The number of hydrogen-bond donors (Lipinski definition) is 2. The van der Waals surface area contributed by atoms with Crippen molar-refractivity contribution in [3.63, 3.8) is 0 Å². The summed E-state index contributed by atoms with van der Waals surface area (Å²) in [6.45, 7) is 2.09. The van der Waals surface area contributed by atoms with Gasteiger partial charge in [0.05, 0.1) is 26.2 Å². The molecule has 4 aromatic rings. The molecule has 160 valence electrons. The van der Waals surface area contributed by atoms with Gasteiger partial charge < -0.3 is 5.32 Å². The maximum Gasteiger partial charge on any atom is 0.261 e. The Morgan fingerprint density at radius 1 is 1.16 bits per heavy atom. The lowest BCUT2D eigenvalue weighted by Crippen LogP contribution is -2.22. The molecule has 2 aromatic carbocycles. The first-order chi connectivity index (χ1) is 14.8. The van der Waals surface area contributed by atoms with Crippen LogP contribution in [0.5, 0.6) is 0 Å². The number of carbonyl (C=O) groups is 1. The van der Waals surface area contributed by atoms with Gasteiger partial charge in [0.1, 0.15) is 4.83 Å². The molecule has 0 atom stereocenters. The molecule has 2 N–H and O–H groups in total. The van der Waals surface area contributed by atoms with Gasteiger partial charge in [-0.3, -0.25) is 4.79 Å². The van der Waals surface area contributed by atoms with E-state index in [0.29, 0.717) is 15.5 Å². The lowest BCUT2D eigenvalue weighted by molar-refractivity contribution is 0.0955. The molecule has 0 saturated heterocycles. The Morgan fingerprint density at radius 3 is 2.68 bits per heavy atom. The van der Waals surface area contributed by atoms with Gasteiger partial charge in [0.15, 0.2) is 0 Å². The van der Waals surface area contributed by atoms with Crippen LogP contribution in [0, 0.1) is 6.92 Å². The van der Waals surface area contributed by atoms with Crippen molar-refractivity contribution in [1.82, 2.24) is 19.8 Å². The van der Waals surface area contributed by atoms with Crippen LogP contribution in [0.2, 0.25) is 5.02 Å². The second-order valence-electron chi connectivity index (χ2n) is 6.82. The molecule has 0 bridgehead atoms. The van der Waals surface area contributed by atoms with Crippen LogP contribution in [0.25, 0.3) is 15.9 Å². The molecule has 0 aliphatic rings. The zero-order valence-corrected chi connectivity index (χ0v) is 19.1. The lowest BCUT2D eigenvalue weighted by Gasteiger charge is -2.07. The number of sulfonamides is 1. The van der Waals surface area contributed by atoms with Crippen molar-refractivity contribution in [3.8, 4) is 5.69 Å². The van der Waals surface area contributed by atoms with Crippen LogP contribution in [0.1, 0.15) is 20.9 Å². The van der Waals surface area contributed by atoms with Gasteiger partial charge in [0.25, 0.3) is 5.91 Å². The van der Waals surface area contributed by atoms with E-state index < -0.39 is 10.0 Å². The van der Waals surface area contributed by atoms with E-state index in [-0.39, 0.29) is 17.3 Å². The third-order valence-electron chi connectivity index (χ3n) is 4.78. The maximum atomic E-state index is 12.8. The number of para-hydroxylation sites is 1. The van der Waals surface area contributed by atoms with E-state index in [1.165, 1.54) is 30.5 Å². The predicted octanol–water partition coefficient (Wildman–Crippen LogP) is 3.89. The fraction of sp³-hybridized carbons (Fsp3) is 0.143. The van der Waals surface area contributed by atoms with Gasteiger partial charge in [-0.2, -0.15) is 5.10 Å². The summed E-state index contributed by atoms with van der Waals surface area (Å²) >= 11 is 7.65. The summed E-state index contributed by atoms with van der Waals surface area (Å²) in [6.07, 6.45) is 0. The zero-order valence-electron chi connectivity index (χ0n) is 16.7. The Morgan fingerprint density at radius 2 is 1.94 bits per heavy atom. The highest BCUT2D eigenvalue weighted by Crippen LogP contribution is 2.32. The Balaban J connectivity index is 1.58. The molecule has 0 unspecified atom stereocenters. The minimum absolute atomic E-state index is 0.152. The van der Waals surface area contributed by atoms with Crippen molar-refractivity contribution < 1.29 is 13.2 Å². The van der Waals surface area contributed by atoms with E-state index >= 15 is 0 Å². The van der Waals surface area contributed by atoms with Gasteiger partial charge >= 0.3 is 0 Å². The number of fused-ring (bicyclic) bond motifs is 1. The first-order valence-corrected chi connectivity index (χ1v) is 12.0. The van der Waals surface area contributed by atoms with Gasteiger partial charge in [0, 0.05) is 11.9 Å². The summed E-state index contributed by atoms with van der Waals surface area (Å²) in [7, 11) is -2.18. The molecule has 7 nitrogen and oxygen atoms in total. The first kappa shape index (κ1) is 21.5. The van der Waals surface area contributed by atoms with Crippen molar-refractivity contribution in [1.29, 1.82) is 0 Å². The summed E-state index contributed by atoms with van der Waals surface area (Å²) in [4.78, 5) is 14.3. The second kappa shape index (κ2) is 8.43. The largest absolute Gasteiger partial charge is 0.347 e. The lowest BCUT2D eigenvalue weighted by atomic mass is 10.2. The number of aromatic nitrogens is 2. The highest BCUT2D eigenvalue weighted by Gasteiger charge is 2.18. The molecule has 0 aliphatic heterocycles. The number of carbonyl (C=O) groups excluding carboxylic acids is 1. The van der Waals surface area contributed by atoms with Gasteiger partial charge in [0.2, 0.25) is 10.0 Å². The van der Waals surface area contributed by atoms with Crippen LogP contribution >= 0.6 is 22.9 Å². The van der Waals surface area contributed by atoms with E-state index in [1.807, 2.05) is 31.2 Å². The summed E-state index contributed by atoms with van der Waals surface area (Å²) in [5.41, 5.74) is 2.23. The van der Waals surface area contributed by atoms with E-state index in [4.69, 9.17) is 11.6 Å². The molecule has 0 fully saturated rings. The average Bonchev–Trinajstić information content (AvgIpc) is 3.33. The summed E-state index contributed by atoms with van der Waals surface area (Å²) in [5, 5.41) is 8.88. The monoisotopic (exact) mass is 474 g/mol. The summed E-state index contributed by atoms with van der Waals surface area (Å²) < 4.78 is 28.0. The van der Waals surface area contributed by atoms with Gasteiger partial charge in [-0.15, -0.1) is 11.3 Å². The molecular weight excluding hydrogens is 456 g/mol. The van der Waals surface area contributed by atoms with Crippen LogP contribution in [0.15, 0.2) is 59.5 Å². The van der Waals surface area contributed by atoms with Crippen molar-refractivity contribution >= 4 is 49.1 Å². The number of benzene rings is 2. The zero-order chi connectivity index (χ0) is 22.2. The SMILES string of the molecule is CNS(=O)(=O)c1cccc(CNC(=O)c2cc3c(C)nn(-c4ccccc4Cl)c3s2)c1. The molecule has 0 radical (unpaired) electrons. The smallest absolute Gasteiger partial charge is 0.261 e. The van der Waals surface area contributed by atoms with Crippen molar-refractivity contribution in [2.24, 2.45) is 0 Å². The molecule has 0 saturated carbocycles. The van der Waals surface area contributed by atoms with Crippen LogP contribution in [0.3, 0.4) is 0 Å². The molecule has 2 heterocycles. The number of aryl methyl sites for hydroxylation is 1. The quantitative estimate of drug-likeness (QED) is 0.443. The van der Waals surface area contributed by atoms with Crippen molar-refractivity contribution in [3.05, 3.63) is 75.8 Å². The van der Waals surface area contributed by atoms with Crippen molar-refractivity contribution in [2.75, 3.05) is 7.05 Å². The highest BCUT2D eigenvalue weighted by atomic mass is 35.5. The summed E-state index contributed by atoms with van der Waals surface area (Å²) in [5.74, 6) is -0.242. The number of thiophene rings is 1. The molecule has 4 rings (SSSR count). The molecule has 0 aliphatic carbocycles. The van der Waals surface area contributed by atoms with E-state index in [2.05, 4.69) is 15.1 Å². The summed E-state index contributed by atoms with van der Waals surface area (Å²) in [6, 6.07) is 15.7. The second-order valence-corrected chi connectivity index (χ2v) is 10.1. The van der Waals surface area contributed by atoms with Crippen LogP contribution in [-0.4, -0.2) is 31.2 Å². The Kier molecular flexibility index (Phi) is 5.85. The first-order valence-electron chi connectivity index (χ1n) is 9.35. The molecule has 31 heavy (non-hydrogen) atoms. The number of rotatable bonds is 6. The number of nitrogens with one attached hydrogen (secondary N) is 2. The molecule has 2 aromatic heterocycles. The Labute approximate surface area is 188 Å². The van der Waals surface area contributed by atoms with Crippen molar-refractivity contribution in [2.45, 2.75) is 18.4 Å². The minimum Gasteiger partial charge on any atom is -0.347 e. The standard InChI is InChI=1S/C21H19ClN4O3S2/c1-13-16-11-19(30-21(16)26(25-13)18-9-4-3-8-17(18)22)20(27)24-12-14-6-5-7-15(10-14)31(28,29)23-2/h3-11,23H,12H2,1-2H3,(H,24,27). The van der Waals surface area contributed by atoms with Gasteiger partial charge in [-0.1, -0.05) is 35.9 Å².